The molecule has 0 radical (unpaired) electrons. The quantitative estimate of drug-likeness (QED) is 0.489. The summed E-state index contributed by atoms with van der Waals surface area (Å²) < 4.78 is 26.6. The summed E-state index contributed by atoms with van der Waals surface area (Å²) in [6.45, 7) is 4.65. The van der Waals surface area contributed by atoms with Crippen LogP contribution in [0.3, 0.4) is 0 Å². The van der Waals surface area contributed by atoms with Crippen LogP contribution in [-0.4, -0.2) is 30.7 Å². The Kier molecular flexibility index (Phi) is 4.17. The van der Waals surface area contributed by atoms with Crippen molar-refractivity contribution in [2.75, 3.05) is 18.5 Å². The Morgan fingerprint density at radius 1 is 1.33 bits per heavy atom. The Morgan fingerprint density at radius 2 is 1.90 bits per heavy atom. The van der Waals surface area contributed by atoms with Crippen LogP contribution in [0, 0.1) is 22.0 Å². The molecule has 1 fully saturated rings. The van der Waals surface area contributed by atoms with E-state index in [9.17, 15) is 18.5 Å². The van der Waals surface area contributed by atoms with E-state index in [1.807, 2.05) is 13.8 Å². The minimum absolute atomic E-state index is 0.217. The van der Waals surface area contributed by atoms with Gasteiger partial charge in [0.05, 0.1) is 10.6 Å². The third-order valence-electron chi connectivity index (χ3n) is 3.90. The topological polar surface area (TPSA) is 119 Å². The number of benzene rings is 1. The Morgan fingerprint density at radius 3 is 2.38 bits per heavy atom. The van der Waals surface area contributed by atoms with Gasteiger partial charge in [-0.05, 0) is 24.0 Å². The van der Waals surface area contributed by atoms with E-state index in [0.717, 1.165) is 6.07 Å². The monoisotopic (exact) mass is 314 g/mol. The second kappa shape index (κ2) is 5.58. The number of anilines is 1. The molecule has 1 heterocycles. The molecule has 0 bridgehead atoms. The summed E-state index contributed by atoms with van der Waals surface area (Å²) in [4.78, 5) is 10.1. The van der Waals surface area contributed by atoms with E-state index < -0.39 is 20.6 Å². The van der Waals surface area contributed by atoms with Crippen LogP contribution in [0.1, 0.15) is 13.8 Å². The normalized spacial score (nSPS) is 23.2. The van der Waals surface area contributed by atoms with Gasteiger partial charge in [-0.25, -0.2) is 8.42 Å². The third-order valence-corrected chi connectivity index (χ3v) is 5.76. The Hall–Kier alpha value is -1.71. The average Bonchev–Trinajstić information content (AvgIpc) is 2.78. The molecule has 1 aromatic carbocycles. The van der Waals surface area contributed by atoms with Crippen LogP contribution in [0.2, 0.25) is 0 Å². The molecule has 3 N–H and O–H groups in total. The summed E-state index contributed by atoms with van der Waals surface area (Å²) in [5, 5.41) is 11.1. The third kappa shape index (κ3) is 2.85. The number of nitrogens with two attached hydrogens (primary N) is 1. The van der Waals surface area contributed by atoms with Gasteiger partial charge in [-0.1, -0.05) is 13.8 Å². The largest absolute Gasteiger partial charge is 0.324 e. The molecule has 2 atom stereocenters. The van der Waals surface area contributed by atoms with Crippen LogP contribution in [0.4, 0.5) is 11.4 Å². The number of nitro groups is 1. The summed E-state index contributed by atoms with van der Waals surface area (Å²) in [6, 6.07) is 3.71. The van der Waals surface area contributed by atoms with Gasteiger partial charge in [0, 0.05) is 19.2 Å². The zero-order valence-electron chi connectivity index (χ0n) is 11.8. The van der Waals surface area contributed by atoms with Crippen LogP contribution in [0.15, 0.2) is 23.1 Å². The van der Waals surface area contributed by atoms with Gasteiger partial charge >= 0.3 is 0 Å². The molecule has 1 aromatic rings. The smallest absolute Gasteiger partial charge is 0.289 e. The maximum atomic E-state index is 12.7. The summed E-state index contributed by atoms with van der Waals surface area (Å²) in [6.07, 6.45) is 0. The molecule has 0 aromatic heterocycles. The van der Waals surface area contributed by atoms with E-state index in [1.165, 1.54) is 16.4 Å². The predicted octanol–water partition coefficient (Wildman–Crippen LogP) is 1.16. The fraction of sp³-hybridized carbons (Fsp3) is 0.500. The number of sulfonamides is 1. The molecule has 1 aliphatic rings. The van der Waals surface area contributed by atoms with Crippen molar-refractivity contribution in [3.05, 3.63) is 28.3 Å². The zero-order chi connectivity index (χ0) is 15.8. The fourth-order valence-corrected chi connectivity index (χ4v) is 4.20. The van der Waals surface area contributed by atoms with E-state index in [2.05, 4.69) is 5.43 Å². The minimum atomic E-state index is -3.92. The molecule has 1 saturated heterocycles. The average molecular weight is 314 g/mol. The first-order chi connectivity index (χ1) is 9.77. The van der Waals surface area contributed by atoms with Crippen molar-refractivity contribution in [3.63, 3.8) is 0 Å². The summed E-state index contributed by atoms with van der Waals surface area (Å²) in [7, 11) is -3.92. The molecule has 1 aliphatic heterocycles. The highest BCUT2D eigenvalue weighted by Crippen LogP contribution is 2.33. The fourth-order valence-electron chi connectivity index (χ4n) is 2.37. The molecule has 21 heavy (non-hydrogen) atoms. The predicted molar refractivity (Wildman–Crippen MR) is 78.0 cm³/mol. The summed E-state index contributed by atoms with van der Waals surface area (Å²) in [5.41, 5.74) is 2.17. The van der Waals surface area contributed by atoms with Crippen LogP contribution in [0.25, 0.3) is 0 Å². The molecule has 0 saturated carbocycles. The molecule has 2 unspecified atom stereocenters. The van der Waals surface area contributed by atoms with Crippen molar-refractivity contribution < 1.29 is 13.3 Å². The number of hydrogen-bond acceptors (Lipinski definition) is 6. The van der Waals surface area contributed by atoms with Crippen molar-refractivity contribution in [2.24, 2.45) is 17.7 Å². The molecule has 9 heteroatoms. The number of nitrogens with one attached hydrogen (secondary N) is 1. The molecule has 116 valence electrons. The van der Waals surface area contributed by atoms with Crippen molar-refractivity contribution in [2.45, 2.75) is 18.7 Å². The van der Waals surface area contributed by atoms with Gasteiger partial charge in [0.25, 0.3) is 5.69 Å². The first-order valence-corrected chi connectivity index (χ1v) is 7.96. The zero-order valence-corrected chi connectivity index (χ0v) is 12.6. The molecule has 0 aliphatic carbocycles. The molecular formula is C12H18N4O4S. The molecule has 8 nitrogen and oxygen atoms in total. The van der Waals surface area contributed by atoms with Crippen LogP contribution in [-0.2, 0) is 10.0 Å². The Balaban J connectivity index is 2.51. The van der Waals surface area contributed by atoms with Crippen molar-refractivity contribution in [1.82, 2.24) is 4.31 Å². The highest BCUT2D eigenvalue weighted by Gasteiger charge is 2.38. The van der Waals surface area contributed by atoms with Crippen LogP contribution < -0.4 is 11.3 Å². The highest BCUT2D eigenvalue weighted by atomic mass is 32.2. The molecule has 0 spiro atoms. The Bertz CT molecular complexity index is 651. The van der Waals surface area contributed by atoms with E-state index in [4.69, 9.17) is 5.84 Å². The number of nitro benzene ring substituents is 1. The van der Waals surface area contributed by atoms with E-state index in [0.29, 0.717) is 18.8 Å². The lowest BCUT2D eigenvalue weighted by atomic mass is 10.0. The lowest BCUT2D eigenvalue weighted by Gasteiger charge is -2.16. The number of nitrogen functional groups attached to an aromatic ring is 1. The van der Waals surface area contributed by atoms with E-state index in [1.54, 1.807) is 0 Å². The first kappa shape index (κ1) is 15.7. The summed E-state index contributed by atoms with van der Waals surface area (Å²) >= 11 is 0. The second-order valence-electron chi connectivity index (χ2n) is 5.36. The highest BCUT2D eigenvalue weighted by molar-refractivity contribution is 7.89. The molecule has 0 amide bonds. The first-order valence-electron chi connectivity index (χ1n) is 6.52. The van der Waals surface area contributed by atoms with Gasteiger partial charge in [0.15, 0.2) is 4.90 Å². The van der Waals surface area contributed by atoms with Crippen LogP contribution >= 0.6 is 0 Å². The number of rotatable bonds is 4. The SMILES string of the molecule is CC1CN(S(=O)(=O)c2cc(NN)ccc2[N+](=O)[O-])CC1C. The summed E-state index contributed by atoms with van der Waals surface area (Å²) in [5.74, 6) is 5.69. The van der Waals surface area contributed by atoms with Gasteiger partial charge < -0.3 is 5.43 Å². The van der Waals surface area contributed by atoms with Crippen molar-refractivity contribution >= 4 is 21.4 Å². The maximum absolute atomic E-state index is 12.7. The second-order valence-corrected chi connectivity index (χ2v) is 7.27. The molecular weight excluding hydrogens is 296 g/mol. The number of nitrogens with zero attached hydrogens (tertiary/aromatic N) is 2. The maximum Gasteiger partial charge on any atom is 0.289 e. The standard InChI is InChI=1S/C12H18N4O4S/c1-8-6-15(7-9(8)2)21(19,20)12-5-10(14-13)3-4-11(12)16(17)18/h3-5,8-9,14H,6-7,13H2,1-2H3. The minimum Gasteiger partial charge on any atom is -0.324 e. The lowest BCUT2D eigenvalue weighted by molar-refractivity contribution is -0.387. The van der Waals surface area contributed by atoms with Crippen molar-refractivity contribution in [1.29, 1.82) is 0 Å². The van der Waals surface area contributed by atoms with Gasteiger partial charge in [-0.3, -0.25) is 16.0 Å². The van der Waals surface area contributed by atoms with Gasteiger partial charge in [0.1, 0.15) is 0 Å². The van der Waals surface area contributed by atoms with Crippen LogP contribution in [0.5, 0.6) is 0 Å². The van der Waals surface area contributed by atoms with Crippen molar-refractivity contribution in [3.8, 4) is 0 Å². The Labute approximate surface area is 123 Å². The van der Waals surface area contributed by atoms with Gasteiger partial charge in [-0.2, -0.15) is 4.31 Å². The number of hydrogen-bond donors (Lipinski definition) is 2. The lowest BCUT2D eigenvalue weighted by Crippen LogP contribution is -2.29. The van der Waals surface area contributed by atoms with E-state index in [-0.39, 0.29) is 16.7 Å². The van der Waals surface area contributed by atoms with Gasteiger partial charge in [0.2, 0.25) is 10.0 Å². The molecule has 2 rings (SSSR count). The van der Waals surface area contributed by atoms with E-state index >= 15 is 0 Å². The van der Waals surface area contributed by atoms with Gasteiger partial charge in [-0.15, -0.1) is 0 Å². The number of hydrazine groups is 1.